The summed E-state index contributed by atoms with van der Waals surface area (Å²) < 4.78 is 13.2. The predicted octanol–water partition coefficient (Wildman–Crippen LogP) is 5.07. The highest BCUT2D eigenvalue weighted by atomic mass is 35.5. The zero-order valence-electron chi connectivity index (χ0n) is 14.5. The highest BCUT2D eigenvalue weighted by molar-refractivity contribution is 6.30. The Morgan fingerprint density at radius 1 is 1.19 bits per heavy atom. The topological polar surface area (TPSA) is 41.5 Å². The van der Waals surface area contributed by atoms with Crippen LogP contribution in [-0.4, -0.2) is 12.1 Å². The predicted molar refractivity (Wildman–Crippen MR) is 103 cm³/mol. The van der Waals surface area contributed by atoms with E-state index in [2.05, 4.69) is 23.5 Å². The summed E-state index contributed by atoms with van der Waals surface area (Å²) in [6, 6.07) is 13.6. The lowest BCUT2D eigenvalue weighted by atomic mass is 9.75. The molecule has 0 radical (unpaired) electrons. The van der Waals surface area contributed by atoms with Crippen LogP contribution in [-0.2, 0) is 4.79 Å². The highest BCUT2D eigenvalue weighted by Crippen LogP contribution is 2.37. The van der Waals surface area contributed by atoms with Gasteiger partial charge in [-0.15, -0.1) is 0 Å². The minimum atomic E-state index is -0.273. The first-order valence-corrected chi connectivity index (χ1v) is 8.90. The molecule has 134 valence electrons. The van der Waals surface area contributed by atoms with Crippen molar-refractivity contribution in [1.82, 2.24) is 5.43 Å². The quantitative estimate of drug-likeness (QED) is 0.455. The van der Waals surface area contributed by atoms with E-state index < -0.39 is 0 Å². The van der Waals surface area contributed by atoms with E-state index in [1.165, 1.54) is 17.7 Å². The summed E-state index contributed by atoms with van der Waals surface area (Å²) >= 11 is 5.85. The molecule has 2 atom stereocenters. The minimum absolute atomic E-state index is 0.0198. The van der Waals surface area contributed by atoms with Gasteiger partial charge in [-0.1, -0.05) is 47.5 Å². The number of amides is 1. The van der Waals surface area contributed by atoms with Crippen LogP contribution in [0, 0.1) is 11.7 Å². The Morgan fingerprint density at radius 3 is 2.58 bits per heavy atom. The fourth-order valence-electron chi connectivity index (χ4n) is 3.22. The Labute approximate surface area is 157 Å². The van der Waals surface area contributed by atoms with Gasteiger partial charge in [-0.05, 0) is 61.1 Å². The van der Waals surface area contributed by atoms with Crippen molar-refractivity contribution in [3.63, 3.8) is 0 Å². The highest BCUT2D eigenvalue weighted by Gasteiger charge is 2.31. The van der Waals surface area contributed by atoms with Crippen LogP contribution in [0.15, 0.2) is 65.3 Å². The van der Waals surface area contributed by atoms with Gasteiger partial charge in [0.05, 0.1) is 12.1 Å². The van der Waals surface area contributed by atoms with Crippen molar-refractivity contribution in [3.05, 3.63) is 82.1 Å². The molecule has 0 saturated carbocycles. The molecule has 2 aromatic carbocycles. The molecular formula is C21H20ClFN2O. The third-order valence-corrected chi connectivity index (χ3v) is 4.89. The summed E-state index contributed by atoms with van der Waals surface area (Å²) in [4.78, 5) is 12.7. The molecular weight excluding hydrogens is 351 g/mol. The molecule has 1 N–H and O–H groups in total. The van der Waals surface area contributed by atoms with E-state index in [0.717, 1.165) is 17.5 Å². The average Bonchev–Trinajstić information content (AvgIpc) is 2.64. The van der Waals surface area contributed by atoms with Gasteiger partial charge in [-0.2, -0.15) is 5.10 Å². The Morgan fingerprint density at radius 2 is 1.88 bits per heavy atom. The maximum absolute atomic E-state index is 13.2. The van der Waals surface area contributed by atoms with Crippen molar-refractivity contribution in [3.8, 4) is 0 Å². The van der Waals surface area contributed by atoms with Crippen molar-refractivity contribution in [2.45, 2.75) is 25.7 Å². The van der Waals surface area contributed by atoms with Gasteiger partial charge in [0, 0.05) is 5.02 Å². The second-order valence-electron chi connectivity index (χ2n) is 6.54. The third kappa shape index (κ3) is 4.58. The maximum Gasteiger partial charge on any atom is 0.244 e. The zero-order valence-corrected chi connectivity index (χ0v) is 15.2. The first-order valence-electron chi connectivity index (χ1n) is 8.52. The number of benzene rings is 2. The molecule has 0 spiro atoms. The molecule has 2 unspecified atom stereocenters. The molecule has 0 bridgehead atoms. The molecule has 5 heteroatoms. The van der Waals surface area contributed by atoms with E-state index in [1.807, 2.05) is 12.1 Å². The van der Waals surface area contributed by atoms with Crippen molar-refractivity contribution in [2.24, 2.45) is 11.0 Å². The number of hydrazone groups is 1. The molecule has 1 aliphatic rings. The smallest absolute Gasteiger partial charge is 0.244 e. The lowest BCUT2D eigenvalue weighted by molar-refractivity contribution is -0.125. The first-order chi connectivity index (χ1) is 12.5. The summed E-state index contributed by atoms with van der Waals surface area (Å²) in [6.45, 7) is 2.06. The van der Waals surface area contributed by atoms with Crippen LogP contribution in [0.4, 0.5) is 4.39 Å². The Balaban J connectivity index is 1.71. The molecule has 3 nitrogen and oxygen atoms in total. The number of carbonyl (C=O) groups excluding carboxylic acids is 1. The number of halogens is 2. The van der Waals surface area contributed by atoms with Gasteiger partial charge in [0.2, 0.25) is 5.91 Å². The summed E-state index contributed by atoms with van der Waals surface area (Å²) in [5, 5.41) is 4.71. The molecule has 0 aliphatic heterocycles. The number of nitrogens with one attached hydrogen (secondary N) is 1. The largest absolute Gasteiger partial charge is 0.273 e. The van der Waals surface area contributed by atoms with Crippen molar-refractivity contribution in [2.75, 3.05) is 0 Å². The van der Waals surface area contributed by atoms with Crippen LogP contribution in [0.25, 0.3) is 0 Å². The second-order valence-corrected chi connectivity index (χ2v) is 6.98. The van der Waals surface area contributed by atoms with Crippen molar-refractivity contribution in [1.29, 1.82) is 0 Å². The molecule has 1 amide bonds. The monoisotopic (exact) mass is 370 g/mol. The fraction of sp³-hybridized carbons (Fsp3) is 0.238. The van der Waals surface area contributed by atoms with Gasteiger partial charge >= 0.3 is 0 Å². The van der Waals surface area contributed by atoms with E-state index in [4.69, 9.17) is 11.6 Å². The van der Waals surface area contributed by atoms with Gasteiger partial charge in [-0.3, -0.25) is 4.79 Å². The fourth-order valence-corrected chi connectivity index (χ4v) is 3.34. The lowest BCUT2D eigenvalue weighted by Gasteiger charge is -2.29. The number of carbonyl (C=O) groups is 1. The molecule has 0 fully saturated rings. The summed E-state index contributed by atoms with van der Waals surface area (Å²) in [7, 11) is 0. The second kappa shape index (κ2) is 8.28. The number of rotatable bonds is 4. The van der Waals surface area contributed by atoms with Crippen LogP contribution in [0.1, 0.15) is 36.8 Å². The van der Waals surface area contributed by atoms with Crippen LogP contribution in [0.5, 0.6) is 0 Å². The maximum atomic E-state index is 13.2. The van der Waals surface area contributed by atoms with Crippen LogP contribution in [0.2, 0.25) is 5.02 Å². The molecule has 0 saturated heterocycles. The van der Waals surface area contributed by atoms with Crippen LogP contribution < -0.4 is 5.43 Å². The van der Waals surface area contributed by atoms with E-state index in [0.29, 0.717) is 11.4 Å². The average molecular weight is 371 g/mol. The van der Waals surface area contributed by atoms with Gasteiger partial charge in [-0.25, -0.2) is 9.82 Å². The minimum Gasteiger partial charge on any atom is -0.273 e. The Bertz CT molecular complexity index is 828. The normalized spacial score (nSPS) is 20.0. The van der Waals surface area contributed by atoms with E-state index in [1.54, 1.807) is 30.5 Å². The molecule has 2 aromatic rings. The summed E-state index contributed by atoms with van der Waals surface area (Å²) in [5.74, 6) is -0.614. The van der Waals surface area contributed by atoms with Gasteiger partial charge in [0.15, 0.2) is 0 Å². The molecule has 3 rings (SSSR count). The Kier molecular flexibility index (Phi) is 5.84. The molecule has 0 aromatic heterocycles. The standard InChI is InChI=1S/C21H20ClFN2O/c1-14-2-11-19(20(12-14)16-5-9-18(23)10-6-16)21(26)25-24-13-15-3-7-17(22)8-4-15/h2-10,13,19-20H,11-12H2,1H3,(H,25,26). The van der Waals surface area contributed by atoms with Gasteiger partial charge in [0.1, 0.15) is 5.82 Å². The third-order valence-electron chi connectivity index (χ3n) is 4.64. The number of nitrogens with zero attached hydrogens (tertiary/aromatic N) is 1. The Hall–Kier alpha value is -2.46. The number of allylic oxidation sites excluding steroid dienone is 2. The van der Waals surface area contributed by atoms with Crippen LogP contribution in [0.3, 0.4) is 0 Å². The van der Waals surface area contributed by atoms with E-state index in [-0.39, 0.29) is 23.6 Å². The van der Waals surface area contributed by atoms with Crippen molar-refractivity contribution < 1.29 is 9.18 Å². The lowest BCUT2D eigenvalue weighted by Crippen LogP contribution is -2.33. The van der Waals surface area contributed by atoms with Crippen molar-refractivity contribution >= 4 is 23.7 Å². The molecule has 26 heavy (non-hydrogen) atoms. The van der Waals surface area contributed by atoms with E-state index >= 15 is 0 Å². The molecule has 1 aliphatic carbocycles. The van der Waals surface area contributed by atoms with Crippen LogP contribution >= 0.6 is 11.6 Å². The summed E-state index contributed by atoms with van der Waals surface area (Å²) in [5.41, 5.74) is 5.70. The van der Waals surface area contributed by atoms with Gasteiger partial charge < -0.3 is 0 Å². The first kappa shape index (κ1) is 18.3. The number of hydrogen-bond acceptors (Lipinski definition) is 2. The number of hydrogen-bond donors (Lipinski definition) is 1. The van der Waals surface area contributed by atoms with E-state index in [9.17, 15) is 9.18 Å². The molecule has 0 heterocycles. The SMILES string of the molecule is CC1=CCC(C(=O)NN=Cc2ccc(Cl)cc2)C(c2ccc(F)cc2)C1. The summed E-state index contributed by atoms with van der Waals surface area (Å²) in [6.07, 6.45) is 5.11. The zero-order chi connectivity index (χ0) is 18.5. The van der Waals surface area contributed by atoms with Gasteiger partial charge in [0.25, 0.3) is 0 Å².